The molecule has 0 unspecified atom stereocenters. The maximum Gasteiger partial charge on any atom is 0.251 e. The van der Waals surface area contributed by atoms with Crippen LogP contribution in [-0.2, 0) is 11.4 Å². The molecule has 0 bridgehead atoms. The molecule has 1 aromatic heterocycles. The predicted octanol–water partition coefficient (Wildman–Crippen LogP) is 4.31. The highest BCUT2D eigenvalue weighted by Crippen LogP contribution is 2.25. The second-order valence-electron chi connectivity index (χ2n) is 8.55. The first-order valence-electron chi connectivity index (χ1n) is 11.4. The Labute approximate surface area is 193 Å². The second kappa shape index (κ2) is 10.4. The van der Waals surface area contributed by atoms with E-state index in [0.29, 0.717) is 30.8 Å². The Bertz CT molecular complexity index is 1130. The molecule has 3 aromatic rings. The van der Waals surface area contributed by atoms with Crippen LogP contribution in [0.4, 0.5) is 0 Å². The topological polar surface area (TPSA) is 101 Å². The molecule has 1 saturated carbocycles. The fourth-order valence-corrected chi connectivity index (χ4v) is 4.51. The maximum atomic E-state index is 12.8. The quantitative estimate of drug-likeness (QED) is 0.297. The number of hydrogen-bond acceptors (Lipinski definition) is 5. The van der Waals surface area contributed by atoms with Crippen LogP contribution >= 0.6 is 0 Å². The third kappa shape index (κ3) is 5.49. The Morgan fingerprint density at radius 3 is 2.61 bits per heavy atom. The number of benzene rings is 2. The van der Waals surface area contributed by atoms with Crippen molar-refractivity contribution < 1.29 is 19.5 Å². The number of carbonyl (C=O) groups is 2. The number of ether oxygens (including phenoxy) is 1. The van der Waals surface area contributed by atoms with Crippen LogP contribution in [0.3, 0.4) is 0 Å². The van der Waals surface area contributed by atoms with Gasteiger partial charge in [-0.3, -0.25) is 19.8 Å². The van der Waals surface area contributed by atoms with Crippen LogP contribution in [0.25, 0.3) is 10.9 Å². The highest BCUT2D eigenvalue weighted by Gasteiger charge is 2.30. The number of hydroxylamine groups is 1. The summed E-state index contributed by atoms with van der Waals surface area (Å²) >= 11 is 0. The van der Waals surface area contributed by atoms with Crippen molar-refractivity contribution in [2.75, 3.05) is 0 Å². The summed E-state index contributed by atoms with van der Waals surface area (Å²) in [6, 6.07) is 16.7. The lowest BCUT2D eigenvalue weighted by Gasteiger charge is -2.24. The van der Waals surface area contributed by atoms with Crippen molar-refractivity contribution >= 4 is 22.7 Å². The van der Waals surface area contributed by atoms with Crippen molar-refractivity contribution in [2.24, 2.45) is 5.92 Å². The van der Waals surface area contributed by atoms with Gasteiger partial charge in [0, 0.05) is 28.2 Å². The van der Waals surface area contributed by atoms with Gasteiger partial charge in [0.1, 0.15) is 12.4 Å². The third-order valence-electron chi connectivity index (χ3n) is 6.22. The lowest BCUT2D eigenvalue weighted by Crippen LogP contribution is -2.45. The summed E-state index contributed by atoms with van der Waals surface area (Å²) in [5, 5.41) is 13.1. The van der Waals surface area contributed by atoms with Crippen molar-refractivity contribution in [3.63, 3.8) is 0 Å². The summed E-state index contributed by atoms with van der Waals surface area (Å²) in [7, 11) is 0. The molecular weight excluding hydrogens is 418 g/mol. The molecule has 1 heterocycles. The Hall–Kier alpha value is -3.45. The van der Waals surface area contributed by atoms with E-state index in [9.17, 15) is 9.59 Å². The van der Waals surface area contributed by atoms with E-state index >= 15 is 0 Å². The normalized spacial score (nSPS) is 18.4. The number of para-hydroxylation sites is 1. The Kier molecular flexibility index (Phi) is 7.19. The van der Waals surface area contributed by atoms with Crippen molar-refractivity contribution in [2.45, 2.75) is 51.7 Å². The van der Waals surface area contributed by atoms with E-state index in [2.05, 4.69) is 10.3 Å². The van der Waals surface area contributed by atoms with Crippen molar-refractivity contribution in [1.82, 2.24) is 15.8 Å². The molecule has 33 heavy (non-hydrogen) atoms. The van der Waals surface area contributed by atoms with E-state index in [0.717, 1.165) is 41.4 Å². The molecule has 7 heteroatoms. The second-order valence-corrected chi connectivity index (χ2v) is 8.55. The van der Waals surface area contributed by atoms with Gasteiger partial charge in [-0.15, -0.1) is 0 Å². The Morgan fingerprint density at radius 1 is 1.06 bits per heavy atom. The van der Waals surface area contributed by atoms with Gasteiger partial charge in [0.2, 0.25) is 5.91 Å². The largest absolute Gasteiger partial charge is 0.489 e. The van der Waals surface area contributed by atoms with E-state index in [1.54, 1.807) is 29.7 Å². The highest BCUT2D eigenvalue weighted by molar-refractivity contribution is 5.95. The number of nitrogens with one attached hydrogen (secondary N) is 2. The van der Waals surface area contributed by atoms with Crippen LogP contribution in [0.5, 0.6) is 5.75 Å². The van der Waals surface area contributed by atoms with Crippen LogP contribution in [0.1, 0.15) is 53.7 Å². The maximum absolute atomic E-state index is 12.8. The smallest absolute Gasteiger partial charge is 0.251 e. The SMILES string of the molecule is Cc1cc(COc2ccc(C(=O)N[C@H]3CCCCC[C@@H]3C(=O)NO)cc2)c2ccccc2n1. The first-order chi connectivity index (χ1) is 16.0. The number of rotatable bonds is 6. The number of hydrogen-bond donors (Lipinski definition) is 3. The van der Waals surface area contributed by atoms with E-state index in [1.807, 2.05) is 37.3 Å². The fourth-order valence-electron chi connectivity index (χ4n) is 4.51. The lowest BCUT2D eigenvalue weighted by atomic mass is 9.93. The number of aryl methyl sites for hydroxylation is 1. The molecule has 2 amide bonds. The van der Waals surface area contributed by atoms with Gasteiger partial charge in [-0.2, -0.15) is 0 Å². The highest BCUT2D eigenvalue weighted by atomic mass is 16.5. The number of carbonyl (C=O) groups excluding carboxylic acids is 2. The van der Waals surface area contributed by atoms with E-state index in [-0.39, 0.29) is 11.9 Å². The lowest BCUT2D eigenvalue weighted by molar-refractivity contribution is -0.134. The van der Waals surface area contributed by atoms with Crippen LogP contribution < -0.4 is 15.5 Å². The minimum Gasteiger partial charge on any atom is -0.489 e. The Balaban J connectivity index is 1.41. The molecule has 7 nitrogen and oxygen atoms in total. The van der Waals surface area contributed by atoms with Gasteiger partial charge in [0.25, 0.3) is 5.91 Å². The molecule has 0 saturated heterocycles. The molecule has 0 radical (unpaired) electrons. The molecule has 1 aliphatic rings. The zero-order valence-electron chi connectivity index (χ0n) is 18.7. The predicted molar refractivity (Wildman–Crippen MR) is 125 cm³/mol. The van der Waals surface area contributed by atoms with Crippen molar-refractivity contribution in [3.8, 4) is 5.75 Å². The van der Waals surface area contributed by atoms with Gasteiger partial charge in [-0.05, 0) is 56.2 Å². The molecule has 1 aliphatic carbocycles. The fraction of sp³-hybridized carbons (Fsp3) is 0.346. The van der Waals surface area contributed by atoms with Crippen molar-refractivity contribution in [3.05, 3.63) is 71.4 Å². The molecule has 2 atom stereocenters. The molecule has 4 rings (SSSR count). The summed E-state index contributed by atoms with van der Waals surface area (Å²) < 4.78 is 5.98. The molecular formula is C26H29N3O4. The first-order valence-corrected chi connectivity index (χ1v) is 11.4. The first kappa shape index (κ1) is 22.7. The van der Waals surface area contributed by atoms with Crippen LogP contribution in [-0.4, -0.2) is 28.0 Å². The molecule has 2 aromatic carbocycles. The van der Waals surface area contributed by atoms with Gasteiger partial charge in [0.15, 0.2) is 0 Å². The summed E-state index contributed by atoms with van der Waals surface area (Å²) in [6.07, 6.45) is 4.22. The van der Waals surface area contributed by atoms with Gasteiger partial charge in [-0.1, -0.05) is 37.5 Å². The van der Waals surface area contributed by atoms with Crippen LogP contribution in [0, 0.1) is 12.8 Å². The summed E-state index contributed by atoms with van der Waals surface area (Å²) in [6.45, 7) is 2.36. The molecule has 3 N–H and O–H groups in total. The molecule has 0 spiro atoms. The van der Waals surface area contributed by atoms with Gasteiger partial charge < -0.3 is 10.1 Å². The average molecular weight is 448 g/mol. The minimum absolute atomic E-state index is 0.236. The Morgan fingerprint density at radius 2 is 1.82 bits per heavy atom. The minimum atomic E-state index is -0.440. The van der Waals surface area contributed by atoms with Crippen LogP contribution in [0.15, 0.2) is 54.6 Å². The molecule has 172 valence electrons. The van der Waals surface area contributed by atoms with Crippen molar-refractivity contribution in [1.29, 1.82) is 0 Å². The monoisotopic (exact) mass is 447 g/mol. The average Bonchev–Trinajstić information content (AvgIpc) is 3.07. The van der Waals surface area contributed by atoms with Crippen LogP contribution in [0.2, 0.25) is 0 Å². The summed E-state index contributed by atoms with van der Waals surface area (Å²) in [4.78, 5) is 29.4. The third-order valence-corrected chi connectivity index (χ3v) is 6.22. The zero-order valence-corrected chi connectivity index (χ0v) is 18.7. The number of fused-ring (bicyclic) bond motifs is 1. The number of pyridine rings is 1. The van der Waals surface area contributed by atoms with Gasteiger partial charge in [-0.25, -0.2) is 5.48 Å². The summed E-state index contributed by atoms with van der Waals surface area (Å²) in [5.41, 5.74) is 5.18. The number of nitrogens with zero attached hydrogens (tertiary/aromatic N) is 1. The van der Waals surface area contributed by atoms with E-state index < -0.39 is 11.8 Å². The van der Waals surface area contributed by atoms with E-state index in [1.165, 1.54) is 0 Å². The number of aromatic nitrogens is 1. The standard InChI is InChI=1S/C26H29N3O4/c1-17-15-19(21-7-5-6-10-23(21)27-17)16-33-20-13-11-18(12-14-20)25(30)28-24-9-4-2-3-8-22(24)26(31)29-32/h5-7,10-15,22,24,32H,2-4,8-9,16H2,1H3,(H,28,30)(H,29,31)/t22-,24-/m0/s1. The zero-order chi connectivity index (χ0) is 23.2. The van der Waals surface area contributed by atoms with Gasteiger partial charge in [0.05, 0.1) is 11.4 Å². The summed E-state index contributed by atoms with van der Waals surface area (Å²) in [5.74, 6) is -0.440. The van der Waals surface area contributed by atoms with Gasteiger partial charge >= 0.3 is 0 Å². The van der Waals surface area contributed by atoms with E-state index in [4.69, 9.17) is 9.94 Å². The number of amides is 2. The molecule has 1 fully saturated rings. The molecule has 0 aliphatic heterocycles.